The molecule has 0 spiro atoms. The number of nitrogens with zero attached hydrogens (tertiary/aromatic N) is 2. The fraction of sp³-hybridized carbons (Fsp3) is 0.846. The molecule has 108 valence electrons. The third-order valence-corrected chi connectivity index (χ3v) is 6.95. The highest BCUT2D eigenvalue weighted by Crippen LogP contribution is 2.43. The van der Waals surface area contributed by atoms with Crippen LogP contribution in [0.5, 0.6) is 0 Å². The van der Waals surface area contributed by atoms with Gasteiger partial charge in [0.25, 0.3) is 0 Å². The van der Waals surface area contributed by atoms with Crippen LogP contribution in [0.4, 0.5) is 0 Å². The first kappa shape index (κ1) is 15.2. The summed E-state index contributed by atoms with van der Waals surface area (Å²) in [5, 5.41) is 5.86. The van der Waals surface area contributed by atoms with Gasteiger partial charge in [0.1, 0.15) is 0 Å². The summed E-state index contributed by atoms with van der Waals surface area (Å²) < 4.78 is 5.42. The lowest BCUT2D eigenvalue weighted by Crippen LogP contribution is -2.22. The fourth-order valence-corrected chi connectivity index (χ4v) is 4.99. The van der Waals surface area contributed by atoms with Crippen LogP contribution in [0, 0.1) is 0 Å². The van der Waals surface area contributed by atoms with E-state index in [1.54, 1.807) is 0 Å². The minimum absolute atomic E-state index is 0.212. The highest BCUT2D eigenvalue weighted by Gasteiger charge is 2.30. The molecule has 2 rings (SSSR count). The molecule has 0 bridgehead atoms. The second-order valence-corrected chi connectivity index (χ2v) is 8.08. The van der Waals surface area contributed by atoms with Gasteiger partial charge in [0.2, 0.25) is 5.89 Å². The summed E-state index contributed by atoms with van der Waals surface area (Å²) in [5.74, 6) is 2.84. The third-order valence-electron chi connectivity index (χ3n) is 3.57. The lowest BCUT2D eigenvalue weighted by molar-refractivity contribution is 0.344. The van der Waals surface area contributed by atoms with Crippen LogP contribution < -0.4 is 5.73 Å². The quantitative estimate of drug-likeness (QED) is 0.901. The van der Waals surface area contributed by atoms with E-state index >= 15 is 0 Å². The minimum atomic E-state index is 0.212. The van der Waals surface area contributed by atoms with Crippen LogP contribution in [-0.2, 0) is 0 Å². The van der Waals surface area contributed by atoms with Crippen LogP contribution in [0.2, 0.25) is 0 Å². The zero-order valence-corrected chi connectivity index (χ0v) is 13.5. The first-order chi connectivity index (χ1) is 9.15. The predicted molar refractivity (Wildman–Crippen MR) is 82.7 cm³/mol. The van der Waals surface area contributed by atoms with E-state index in [1.165, 1.54) is 0 Å². The van der Waals surface area contributed by atoms with Gasteiger partial charge in [-0.15, -0.1) is 11.8 Å². The van der Waals surface area contributed by atoms with Gasteiger partial charge in [-0.05, 0) is 6.42 Å². The number of aromatic nitrogens is 2. The van der Waals surface area contributed by atoms with Crippen molar-refractivity contribution in [1.29, 1.82) is 0 Å². The summed E-state index contributed by atoms with van der Waals surface area (Å²) in [6.45, 7) is 7.28. The molecule has 0 saturated carbocycles. The summed E-state index contributed by atoms with van der Waals surface area (Å²) in [6, 6.07) is 0. The molecular weight excluding hydrogens is 278 g/mol. The van der Waals surface area contributed by atoms with Crippen molar-refractivity contribution in [3.8, 4) is 0 Å². The number of nitrogens with two attached hydrogens (primary N) is 1. The molecule has 1 saturated heterocycles. The molecule has 0 aromatic carbocycles. The Bertz CT molecular complexity index is 399. The molecule has 2 heterocycles. The standard InChI is InChI=1S/C13H23N3OS2/c1-4-5-10(6-14)13-15-12(16-17-13)11-7-18-8(2)9(3)19-11/h8-11H,4-7,14H2,1-3H3. The summed E-state index contributed by atoms with van der Waals surface area (Å²) in [7, 11) is 0. The first-order valence-electron chi connectivity index (χ1n) is 6.96. The Kier molecular flexibility index (Phi) is 5.59. The summed E-state index contributed by atoms with van der Waals surface area (Å²) >= 11 is 3.95. The monoisotopic (exact) mass is 301 g/mol. The summed E-state index contributed by atoms with van der Waals surface area (Å²) in [6.07, 6.45) is 2.10. The van der Waals surface area contributed by atoms with Gasteiger partial charge in [0.05, 0.1) is 11.2 Å². The molecule has 1 aromatic heterocycles. The van der Waals surface area contributed by atoms with Gasteiger partial charge < -0.3 is 10.3 Å². The molecule has 1 aliphatic heterocycles. The maximum Gasteiger partial charge on any atom is 0.231 e. The maximum atomic E-state index is 5.78. The average molecular weight is 301 g/mol. The lowest BCUT2D eigenvalue weighted by atomic mass is 10.0. The fourth-order valence-electron chi connectivity index (χ4n) is 2.15. The second-order valence-electron chi connectivity index (χ2n) is 5.08. The van der Waals surface area contributed by atoms with Crippen molar-refractivity contribution >= 4 is 23.5 Å². The van der Waals surface area contributed by atoms with Crippen LogP contribution in [0.1, 0.15) is 56.5 Å². The molecule has 19 heavy (non-hydrogen) atoms. The van der Waals surface area contributed by atoms with E-state index in [4.69, 9.17) is 10.3 Å². The lowest BCUT2D eigenvalue weighted by Gasteiger charge is -2.29. The Balaban J connectivity index is 2.04. The Hall–Kier alpha value is -0.200. The van der Waals surface area contributed by atoms with Crippen molar-refractivity contribution in [3.05, 3.63) is 11.7 Å². The van der Waals surface area contributed by atoms with Crippen molar-refractivity contribution in [2.24, 2.45) is 5.73 Å². The minimum Gasteiger partial charge on any atom is -0.339 e. The molecule has 2 N–H and O–H groups in total. The van der Waals surface area contributed by atoms with E-state index in [2.05, 4.69) is 30.9 Å². The predicted octanol–water partition coefficient (Wildman–Crippen LogP) is 3.21. The zero-order valence-electron chi connectivity index (χ0n) is 11.8. The van der Waals surface area contributed by atoms with Gasteiger partial charge >= 0.3 is 0 Å². The van der Waals surface area contributed by atoms with Crippen LogP contribution in [0.3, 0.4) is 0 Å². The topological polar surface area (TPSA) is 64.9 Å². The summed E-state index contributed by atoms with van der Waals surface area (Å²) in [4.78, 5) is 4.59. The Morgan fingerprint density at radius 3 is 2.84 bits per heavy atom. The van der Waals surface area contributed by atoms with Crippen molar-refractivity contribution in [2.45, 2.75) is 55.3 Å². The number of rotatable bonds is 5. The van der Waals surface area contributed by atoms with Gasteiger partial charge in [0, 0.05) is 22.8 Å². The molecule has 1 aromatic rings. The van der Waals surface area contributed by atoms with Gasteiger partial charge in [-0.1, -0.05) is 32.3 Å². The molecule has 0 aliphatic carbocycles. The molecule has 1 fully saturated rings. The Morgan fingerprint density at radius 2 is 2.21 bits per heavy atom. The van der Waals surface area contributed by atoms with E-state index in [0.717, 1.165) is 30.3 Å². The summed E-state index contributed by atoms with van der Waals surface area (Å²) in [5.41, 5.74) is 5.78. The molecule has 4 atom stereocenters. The Labute approximate surface area is 123 Å². The van der Waals surface area contributed by atoms with Gasteiger partial charge in [0.15, 0.2) is 5.82 Å². The number of hydrogen-bond donors (Lipinski definition) is 1. The first-order valence-corrected chi connectivity index (χ1v) is 8.95. The molecule has 1 aliphatic rings. The van der Waals surface area contributed by atoms with E-state index in [1.807, 2.05) is 23.5 Å². The van der Waals surface area contributed by atoms with Crippen LogP contribution >= 0.6 is 23.5 Å². The van der Waals surface area contributed by atoms with Gasteiger partial charge in [-0.3, -0.25) is 0 Å². The molecule has 0 amide bonds. The molecule has 6 heteroatoms. The van der Waals surface area contributed by atoms with E-state index in [9.17, 15) is 0 Å². The van der Waals surface area contributed by atoms with Crippen molar-refractivity contribution in [3.63, 3.8) is 0 Å². The highest BCUT2D eigenvalue weighted by atomic mass is 32.2. The smallest absolute Gasteiger partial charge is 0.231 e. The van der Waals surface area contributed by atoms with Crippen LogP contribution in [0.15, 0.2) is 4.52 Å². The van der Waals surface area contributed by atoms with E-state index < -0.39 is 0 Å². The average Bonchev–Trinajstić information content (AvgIpc) is 2.88. The Morgan fingerprint density at radius 1 is 1.42 bits per heavy atom. The van der Waals surface area contributed by atoms with Gasteiger partial charge in [-0.25, -0.2) is 0 Å². The van der Waals surface area contributed by atoms with Crippen LogP contribution in [0.25, 0.3) is 0 Å². The van der Waals surface area contributed by atoms with Crippen LogP contribution in [-0.4, -0.2) is 32.9 Å². The molecule has 0 radical (unpaired) electrons. The number of thioether (sulfide) groups is 2. The molecule has 4 nitrogen and oxygen atoms in total. The molecule has 4 unspecified atom stereocenters. The SMILES string of the molecule is CCCC(CN)c1nc(C2CSC(C)C(C)S2)no1. The second kappa shape index (κ2) is 6.99. The van der Waals surface area contributed by atoms with E-state index in [0.29, 0.717) is 22.3 Å². The maximum absolute atomic E-state index is 5.78. The largest absolute Gasteiger partial charge is 0.339 e. The van der Waals surface area contributed by atoms with Crippen molar-refractivity contribution < 1.29 is 4.52 Å². The normalized spacial score (nSPS) is 29.4. The number of hydrogen-bond acceptors (Lipinski definition) is 6. The highest BCUT2D eigenvalue weighted by molar-refractivity contribution is 8.07. The zero-order chi connectivity index (χ0) is 13.8. The van der Waals surface area contributed by atoms with Crippen molar-refractivity contribution in [2.75, 3.05) is 12.3 Å². The molecular formula is C13H23N3OS2. The van der Waals surface area contributed by atoms with E-state index in [-0.39, 0.29) is 5.92 Å². The van der Waals surface area contributed by atoms with Crippen molar-refractivity contribution in [1.82, 2.24) is 10.1 Å². The third kappa shape index (κ3) is 3.67. The van der Waals surface area contributed by atoms with Gasteiger partial charge in [-0.2, -0.15) is 16.7 Å².